The van der Waals surface area contributed by atoms with E-state index in [1.165, 1.54) is 32.1 Å². The monoisotopic (exact) mass is 223 g/mol. The minimum atomic E-state index is 0.628. The molecular weight excluding hydrogens is 202 g/mol. The van der Waals surface area contributed by atoms with E-state index < -0.39 is 0 Å². The molecule has 1 fully saturated rings. The van der Waals surface area contributed by atoms with E-state index in [9.17, 15) is 0 Å². The smallest absolute Gasteiger partial charge is 0.223 e. The summed E-state index contributed by atoms with van der Waals surface area (Å²) in [5.41, 5.74) is 0. The topological polar surface area (TPSA) is 51.0 Å². The highest BCUT2D eigenvalue weighted by Gasteiger charge is 2.16. The highest BCUT2D eigenvalue weighted by Crippen LogP contribution is 2.22. The molecule has 1 N–H and O–H groups in total. The molecule has 2 unspecified atom stereocenters. The number of hydrogen-bond donors (Lipinski definition) is 1. The van der Waals surface area contributed by atoms with Crippen LogP contribution in [0.3, 0.4) is 0 Å². The van der Waals surface area contributed by atoms with Crippen molar-refractivity contribution in [3.63, 3.8) is 0 Å². The Morgan fingerprint density at radius 1 is 1.31 bits per heavy atom. The number of rotatable bonds is 3. The second kappa shape index (κ2) is 5.43. The molecule has 0 radical (unpaired) electrons. The molecule has 0 aliphatic heterocycles. The fourth-order valence-electron chi connectivity index (χ4n) is 2.34. The summed E-state index contributed by atoms with van der Waals surface area (Å²) in [5.74, 6) is 2.31. The van der Waals surface area contributed by atoms with Gasteiger partial charge in [0.1, 0.15) is 0 Å². The Kier molecular flexibility index (Phi) is 3.93. The van der Waals surface area contributed by atoms with E-state index in [0.29, 0.717) is 11.9 Å². The van der Waals surface area contributed by atoms with Crippen LogP contribution in [-0.2, 0) is 6.54 Å². The Morgan fingerprint density at radius 2 is 2.19 bits per heavy atom. The second-order valence-electron chi connectivity index (χ2n) is 4.92. The molecule has 0 spiro atoms. The van der Waals surface area contributed by atoms with Crippen molar-refractivity contribution in [2.24, 2.45) is 5.92 Å². The first kappa shape index (κ1) is 11.6. The Balaban J connectivity index is 1.77. The van der Waals surface area contributed by atoms with Gasteiger partial charge >= 0.3 is 0 Å². The molecule has 0 aromatic carbocycles. The number of nitrogens with zero attached hydrogens (tertiary/aromatic N) is 2. The fourth-order valence-corrected chi connectivity index (χ4v) is 2.34. The van der Waals surface area contributed by atoms with Crippen LogP contribution in [0.25, 0.3) is 0 Å². The lowest BCUT2D eigenvalue weighted by molar-refractivity contribution is 0.380. The maximum atomic E-state index is 4.95. The summed E-state index contributed by atoms with van der Waals surface area (Å²) in [6, 6.07) is 0.628. The van der Waals surface area contributed by atoms with Crippen LogP contribution in [0.2, 0.25) is 0 Å². The summed E-state index contributed by atoms with van der Waals surface area (Å²) in [4.78, 5) is 4.19. The molecule has 1 saturated carbocycles. The van der Waals surface area contributed by atoms with E-state index in [1.807, 2.05) is 6.92 Å². The predicted molar refractivity (Wildman–Crippen MR) is 61.9 cm³/mol. The van der Waals surface area contributed by atoms with Gasteiger partial charge in [0.15, 0.2) is 5.82 Å². The molecule has 0 bridgehead atoms. The minimum Gasteiger partial charge on any atom is -0.340 e. The van der Waals surface area contributed by atoms with Gasteiger partial charge in [-0.05, 0) is 25.2 Å². The summed E-state index contributed by atoms with van der Waals surface area (Å²) in [6.45, 7) is 4.91. The minimum absolute atomic E-state index is 0.628. The first-order valence-electron chi connectivity index (χ1n) is 6.26. The molecule has 90 valence electrons. The lowest BCUT2D eigenvalue weighted by Crippen LogP contribution is -2.28. The van der Waals surface area contributed by atoms with E-state index in [0.717, 1.165) is 18.3 Å². The predicted octanol–water partition coefficient (Wildman–Crippen LogP) is 2.44. The summed E-state index contributed by atoms with van der Waals surface area (Å²) >= 11 is 0. The second-order valence-corrected chi connectivity index (χ2v) is 4.92. The average molecular weight is 223 g/mol. The maximum Gasteiger partial charge on any atom is 0.223 e. The standard InChI is InChI=1S/C12H21N3O/c1-9-4-3-5-11(7-6-9)13-8-12-14-10(2)16-15-12/h9,11,13H,3-8H2,1-2H3. The van der Waals surface area contributed by atoms with Crippen molar-refractivity contribution in [3.8, 4) is 0 Å². The lowest BCUT2D eigenvalue weighted by Gasteiger charge is -2.14. The molecular formula is C12H21N3O. The zero-order valence-electron chi connectivity index (χ0n) is 10.2. The summed E-state index contributed by atoms with van der Waals surface area (Å²) < 4.78 is 4.95. The summed E-state index contributed by atoms with van der Waals surface area (Å²) in [7, 11) is 0. The maximum absolute atomic E-state index is 4.95. The van der Waals surface area contributed by atoms with E-state index >= 15 is 0 Å². The van der Waals surface area contributed by atoms with Crippen LogP contribution in [0.4, 0.5) is 0 Å². The third-order valence-electron chi connectivity index (χ3n) is 3.38. The Morgan fingerprint density at radius 3 is 2.94 bits per heavy atom. The largest absolute Gasteiger partial charge is 0.340 e. The van der Waals surface area contributed by atoms with Crippen molar-refractivity contribution >= 4 is 0 Å². The van der Waals surface area contributed by atoms with E-state index in [2.05, 4.69) is 22.4 Å². The normalized spacial score (nSPS) is 26.6. The highest BCUT2D eigenvalue weighted by atomic mass is 16.5. The van der Waals surface area contributed by atoms with Crippen LogP contribution in [-0.4, -0.2) is 16.2 Å². The van der Waals surface area contributed by atoms with Crippen molar-refractivity contribution in [1.82, 2.24) is 15.5 Å². The Hall–Kier alpha value is -0.900. The molecule has 4 heteroatoms. The van der Waals surface area contributed by atoms with Crippen molar-refractivity contribution in [3.05, 3.63) is 11.7 Å². The first-order valence-corrected chi connectivity index (χ1v) is 6.26. The zero-order chi connectivity index (χ0) is 11.4. The van der Waals surface area contributed by atoms with Gasteiger partial charge in [-0.15, -0.1) is 0 Å². The highest BCUT2D eigenvalue weighted by molar-refractivity contribution is 4.84. The van der Waals surface area contributed by atoms with Crippen LogP contribution in [0.1, 0.15) is 50.7 Å². The van der Waals surface area contributed by atoms with Crippen LogP contribution in [0.15, 0.2) is 4.52 Å². The summed E-state index contributed by atoms with van der Waals surface area (Å²) in [5, 5.41) is 7.42. The number of aromatic nitrogens is 2. The van der Waals surface area contributed by atoms with Crippen molar-refractivity contribution < 1.29 is 4.52 Å². The average Bonchev–Trinajstić information content (AvgIpc) is 2.56. The number of hydrogen-bond acceptors (Lipinski definition) is 4. The van der Waals surface area contributed by atoms with E-state index in [-0.39, 0.29) is 0 Å². The first-order chi connectivity index (χ1) is 7.74. The SMILES string of the molecule is Cc1nc(CNC2CCCC(C)CC2)no1. The zero-order valence-corrected chi connectivity index (χ0v) is 10.2. The Labute approximate surface area is 96.8 Å². The molecule has 1 aliphatic carbocycles. The van der Waals surface area contributed by atoms with Gasteiger partial charge in [-0.3, -0.25) is 0 Å². The van der Waals surface area contributed by atoms with Gasteiger partial charge in [-0.2, -0.15) is 4.98 Å². The van der Waals surface area contributed by atoms with E-state index in [1.54, 1.807) is 0 Å². The molecule has 1 aromatic heterocycles. The van der Waals surface area contributed by atoms with Crippen LogP contribution in [0.5, 0.6) is 0 Å². The van der Waals surface area contributed by atoms with Crippen LogP contribution in [0, 0.1) is 12.8 Å². The molecule has 1 aromatic rings. The molecule has 1 aliphatic rings. The van der Waals surface area contributed by atoms with E-state index in [4.69, 9.17) is 4.52 Å². The number of aryl methyl sites for hydroxylation is 1. The van der Waals surface area contributed by atoms with Gasteiger partial charge in [-0.1, -0.05) is 24.9 Å². The quantitative estimate of drug-likeness (QED) is 0.800. The van der Waals surface area contributed by atoms with Crippen LogP contribution >= 0.6 is 0 Å². The van der Waals surface area contributed by atoms with Gasteiger partial charge in [0.25, 0.3) is 0 Å². The molecule has 0 amide bonds. The third-order valence-corrected chi connectivity index (χ3v) is 3.38. The molecule has 0 saturated heterocycles. The van der Waals surface area contributed by atoms with Gasteiger partial charge in [-0.25, -0.2) is 0 Å². The van der Waals surface area contributed by atoms with Gasteiger partial charge in [0.2, 0.25) is 5.89 Å². The van der Waals surface area contributed by atoms with Gasteiger partial charge < -0.3 is 9.84 Å². The fraction of sp³-hybridized carbons (Fsp3) is 0.833. The van der Waals surface area contributed by atoms with Crippen molar-refractivity contribution in [1.29, 1.82) is 0 Å². The third kappa shape index (κ3) is 3.30. The lowest BCUT2D eigenvalue weighted by atomic mass is 10.0. The molecule has 4 nitrogen and oxygen atoms in total. The summed E-state index contributed by atoms with van der Waals surface area (Å²) in [6.07, 6.45) is 6.60. The van der Waals surface area contributed by atoms with Crippen molar-refractivity contribution in [2.45, 2.75) is 58.5 Å². The molecule has 2 atom stereocenters. The van der Waals surface area contributed by atoms with Crippen molar-refractivity contribution in [2.75, 3.05) is 0 Å². The molecule has 2 rings (SSSR count). The molecule has 1 heterocycles. The Bertz CT molecular complexity index is 324. The van der Waals surface area contributed by atoms with Crippen LogP contribution < -0.4 is 5.32 Å². The number of nitrogens with one attached hydrogen (secondary N) is 1. The molecule has 16 heavy (non-hydrogen) atoms. The van der Waals surface area contributed by atoms with Gasteiger partial charge in [0, 0.05) is 13.0 Å². The van der Waals surface area contributed by atoms with Gasteiger partial charge in [0.05, 0.1) is 6.54 Å².